The van der Waals surface area contributed by atoms with Gasteiger partial charge in [0.2, 0.25) is 0 Å². The average molecular weight is 315 g/mol. The number of amides is 1. The lowest BCUT2D eigenvalue weighted by Gasteiger charge is -2.07. The summed E-state index contributed by atoms with van der Waals surface area (Å²) in [6, 6.07) is 9.59. The Morgan fingerprint density at radius 1 is 1.09 bits per heavy atom. The van der Waals surface area contributed by atoms with Crippen molar-refractivity contribution in [3.05, 3.63) is 65.5 Å². The summed E-state index contributed by atoms with van der Waals surface area (Å²) in [5.74, 6) is -1.47. The van der Waals surface area contributed by atoms with Gasteiger partial charge in [0, 0.05) is 11.1 Å². The first-order valence-electron chi connectivity index (χ1n) is 6.70. The van der Waals surface area contributed by atoms with Gasteiger partial charge in [-0.3, -0.25) is 4.79 Å². The Labute approximate surface area is 130 Å². The molecule has 0 saturated carbocycles. The van der Waals surface area contributed by atoms with Crippen LogP contribution >= 0.6 is 0 Å². The molecule has 0 aliphatic rings. The van der Waals surface area contributed by atoms with Crippen LogP contribution < -0.4 is 5.32 Å². The minimum Gasteiger partial charge on any atom is -0.334 e. The van der Waals surface area contributed by atoms with Gasteiger partial charge >= 0.3 is 0 Å². The fourth-order valence-electron chi connectivity index (χ4n) is 1.98. The molecule has 1 amide bonds. The largest absolute Gasteiger partial charge is 0.334 e. The number of carbonyl (C=O) groups is 1. The average Bonchev–Trinajstić information content (AvgIpc) is 2.97. The molecule has 0 bridgehead atoms. The minimum atomic E-state index is -0.837. The number of nitrogens with zero attached hydrogens (tertiary/aromatic N) is 2. The van der Waals surface area contributed by atoms with Crippen LogP contribution in [-0.4, -0.2) is 16.0 Å². The van der Waals surface area contributed by atoms with Crippen molar-refractivity contribution in [3.63, 3.8) is 0 Å². The van der Waals surface area contributed by atoms with E-state index in [0.29, 0.717) is 17.3 Å². The van der Waals surface area contributed by atoms with Crippen LogP contribution in [0, 0.1) is 18.6 Å². The standard InChI is InChI=1S/C16H11F2N3O2/c1-9-19-16(23-21-9)11-7-5-10(6-8-11)15(22)20-14-12(17)3-2-4-13(14)18/h2-8H,1H3,(H,20,22). The molecule has 2 aromatic carbocycles. The summed E-state index contributed by atoms with van der Waals surface area (Å²) in [5.41, 5.74) is 0.404. The molecule has 0 radical (unpaired) electrons. The zero-order valence-corrected chi connectivity index (χ0v) is 12.0. The second-order valence-corrected chi connectivity index (χ2v) is 4.77. The molecule has 0 fully saturated rings. The highest BCUT2D eigenvalue weighted by molar-refractivity contribution is 6.04. The van der Waals surface area contributed by atoms with E-state index in [-0.39, 0.29) is 5.56 Å². The van der Waals surface area contributed by atoms with Crippen LogP contribution in [0.3, 0.4) is 0 Å². The third-order valence-electron chi connectivity index (χ3n) is 3.12. The summed E-state index contributed by atoms with van der Waals surface area (Å²) < 4.78 is 32.1. The molecule has 7 heteroatoms. The number of para-hydroxylation sites is 1. The Morgan fingerprint density at radius 2 is 1.74 bits per heavy atom. The predicted octanol–water partition coefficient (Wildman–Crippen LogP) is 3.58. The fourth-order valence-corrected chi connectivity index (χ4v) is 1.98. The van der Waals surface area contributed by atoms with E-state index in [0.717, 1.165) is 12.1 Å². The molecule has 1 aromatic heterocycles. The van der Waals surface area contributed by atoms with E-state index >= 15 is 0 Å². The van der Waals surface area contributed by atoms with Gasteiger partial charge in [-0.05, 0) is 43.3 Å². The number of anilines is 1. The van der Waals surface area contributed by atoms with Gasteiger partial charge in [-0.2, -0.15) is 4.98 Å². The number of aryl methyl sites for hydroxylation is 1. The van der Waals surface area contributed by atoms with Gasteiger partial charge in [0.25, 0.3) is 11.8 Å². The highest BCUT2D eigenvalue weighted by Crippen LogP contribution is 2.21. The Hall–Kier alpha value is -3.09. The van der Waals surface area contributed by atoms with Gasteiger partial charge < -0.3 is 9.84 Å². The van der Waals surface area contributed by atoms with E-state index in [1.54, 1.807) is 19.1 Å². The van der Waals surface area contributed by atoms with Crippen LogP contribution in [0.5, 0.6) is 0 Å². The molecular formula is C16H11F2N3O2. The fraction of sp³-hybridized carbons (Fsp3) is 0.0625. The first kappa shape index (κ1) is 14.8. The van der Waals surface area contributed by atoms with Crippen molar-refractivity contribution in [2.75, 3.05) is 5.32 Å². The number of hydrogen-bond acceptors (Lipinski definition) is 4. The molecule has 3 aromatic rings. The molecule has 0 aliphatic heterocycles. The highest BCUT2D eigenvalue weighted by atomic mass is 19.1. The lowest BCUT2D eigenvalue weighted by molar-refractivity contribution is 0.102. The maximum absolute atomic E-state index is 13.5. The van der Waals surface area contributed by atoms with Crippen molar-refractivity contribution in [2.45, 2.75) is 6.92 Å². The lowest BCUT2D eigenvalue weighted by Crippen LogP contribution is -2.14. The molecule has 0 unspecified atom stereocenters. The summed E-state index contributed by atoms with van der Waals surface area (Å²) in [6.07, 6.45) is 0. The molecule has 0 saturated heterocycles. The minimum absolute atomic E-state index is 0.243. The molecule has 0 aliphatic carbocycles. The van der Waals surface area contributed by atoms with Crippen molar-refractivity contribution >= 4 is 11.6 Å². The first-order chi connectivity index (χ1) is 11.0. The number of carbonyl (C=O) groups excluding carboxylic acids is 1. The van der Waals surface area contributed by atoms with Gasteiger partial charge in [-0.1, -0.05) is 11.2 Å². The normalized spacial score (nSPS) is 10.6. The second kappa shape index (κ2) is 5.96. The molecule has 23 heavy (non-hydrogen) atoms. The maximum Gasteiger partial charge on any atom is 0.257 e. The zero-order chi connectivity index (χ0) is 16.4. The van der Waals surface area contributed by atoms with E-state index in [1.165, 1.54) is 18.2 Å². The third kappa shape index (κ3) is 3.08. The zero-order valence-electron chi connectivity index (χ0n) is 12.0. The van der Waals surface area contributed by atoms with Gasteiger partial charge in [-0.15, -0.1) is 0 Å². The molecular weight excluding hydrogens is 304 g/mol. The van der Waals surface area contributed by atoms with E-state index in [9.17, 15) is 13.6 Å². The Kier molecular flexibility index (Phi) is 3.84. The molecule has 0 atom stereocenters. The van der Waals surface area contributed by atoms with Crippen LogP contribution in [0.15, 0.2) is 47.0 Å². The number of halogens is 2. The molecule has 1 N–H and O–H groups in total. The third-order valence-corrected chi connectivity index (χ3v) is 3.12. The molecule has 1 heterocycles. The van der Waals surface area contributed by atoms with Crippen molar-refractivity contribution in [1.29, 1.82) is 0 Å². The van der Waals surface area contributed by atoms with Crippen molar-refractivity contribution < 1.29 is 18.1 Å². The molecule has 116 valence electrons. The Morgan fingerprint density at radius 3 is 2.30 bits per heavy atom. The smallest absolute Gasteiger partial charge is 0.257 e. The van der Waals surface area contributed by atoms with E-state index in [1.807, 2.05) is 0 Å². The number of nitrogens with one attached hydrogen (secondary N) is 1. The Balaban J connectivity index is 1.81. The molecule has 3 rings (SSSR count). The predicted molar refractivity (Wildman–Crippen MR) is 78.8 cm³/mol. The van der Waals surface area contributed by atoms with Crippen molar-refractivity contribution in [2.24, 2.45) is 0 Å². The summed E-state index contributed by atoms with van der Waals surface area (Å²) >= 11 is 0. The van der Waals surface area contributed by atoms with Gasteiger partial charge in [0.1, 0.15) is 17.3 Å². The highest BCUT2D eigenvalue weighted by Gasteiger charge is 2.14. The Bertz CT molecular complexity index is 840. The van der Waals surface area contributed by atoms with Crippen molar-refractivity contribution in [3.8, 4) is 11.5 Å². The molecule has 5 nitrogen and oxygen atoms in total. The monoisotopic (exact) mass is 315 g/mol. The molecule has 0 spiro atoms. The summed E-state index contributed by atoms with van der Waals surface area (Å²) in [5, 5.41) is 5.89. The van der Waals surface area contributed by atoms with E-state index in [2.05, 4.69) is 15.5 Å². The summed E-state index contributed by atoms with van der Waals surface area (Å²) in [7, 11) is 0. The second-order valence-electron chi connectivity index (χ2n) is 4.77. The van der Waals surface area contributed by atoms with E-state index < -0.39 is 23.2 Å². The SMILES string of the molecule is Cc1noc(-c2ccc(C(=O)Nc3c(F)cccc3F)cc2)n1. The number of aromatic nitrogens is 2. The lowest BCUT2D eigenvalue weighted by atomic mass is 10.1. The van der Waals surface area contributed by atoms with E-state index in [4.69, 9.17) is 4.52 Å². The van der Waals surface area contributed by atoms with Crippen LogP contribution in [0.4, 0.5) is 14.5 Å². The number of rotatable bonds is 3. The van der Waals surface area contributed by atoms with Crippen LogP contribution in [0.1, 0.15) is 16.2 Å². The quantitative estimate of drug-likeness (QED) is 0.802. The number of benzene rings is 2. The first-order valence-corrected chi connectivity index (χ1v) is 6.70. The van der Waals surface area contributed by atoms with Crippen LogP contribution in [0.25, 0.3) is 11.5 Å². The maximum atomic E-state index is 13.5. The van der Waals surface area contributed by atoms with Gasteiger partial charge in [0.15, 0.2) is 5.82 Å². The van der Waals surface area contributed by atoms with Gasteiger partial charge in [-0.25, -0.2) is 8.78 Å². The van der Waals surface area contributed by atoms with Crippen LogP contribution in [-0.2, 0) is 0 Å². The van der Waals surface area contributed by atoms with Crippen molar-refractivity contribution in [1.82, 2.24) is 10.1 Å². The summed E-state index contributed by atoms with van der Waals surface area (Å²) in [6.45, 7) is 1.69. The topological polar surface area (TPSA) is 68.0 Å². The van der Waals surface area contributed by atoms with Crippen LogP contribution in [0.2, 0.25) is 0 Å². The summed E-state index contributed by atoms with van der Waals surface area (Å²) in [4.78, 5) is 16.1. The number of hydrogen-bond donors (Lipinski definition) is 1. The van der Waals surface area contributed by atoms with Gasteiger partial charge in [0.05, 0.1) is 0 Å².